The Labute approximate surface area is 168 Å². The minimum atomic E-state index is -0.543. The third kappa shape index (κ3) is 5.83. The van der Waals surface area contributed by atoms with E-state index < -0.39 is 12.4 Å². The number of pyridine rings is 1. The Balaban J connectivity index is 1.55. The number of benzene rings is 1. The Morgan fingerprint density at radius 1 is 0.966 bits per heavy atom. The van der Waals surface area contributed by atoms with Gasteiger partial charge >= 0.3 is 0 Å². The monoisotopic (exact) mass is 395 g/mol. The SMILES string of the molecule is O=C(/C=C/c1cccc(/C=C/C(=O)N2CCN(c3ccc(F)cc3)CC2)n1)CO. The summed E-state index contributed by atoms with van der Waals surface area (Å²) in [6, 6.07) is 11.6. The van der Waals surface area contributed by atoms with Gasteiger partial charge in [0.2, 0.25) is 5.91 Å². The Morgan fingerprint density at radius 3 is 2.21 bits per heavy atom. The number of aromatic nitrogens is 1. The molecule has 29 heavy (non-hydrogen) atoms. The summed E-state index contributed by atoms with van der Waals surface area (Å²) >= 11 is 0. The van der Waals surface area contributed by atoms with E-state index in [1.165, 1.54) is 30.4 Å². The summed E-state index contributed by atoms with van der Waals surface area (Å²) in [5.74, 6) is -0.759. The minimum absolute atomic E-state index is 0.0954. The number of halogens is 1. The van der Waals surface area contributed by atoms with Crippen molar-refractivity contribution in [2.45, 2.75) is 0 Å². The first kappa shape index (κ1) is 20.4. The number of aliphatic hydroxyl groups excluding tert-OH is 1. The number of carbonyl (C=O) groups excluding carboxylic acids is 2. The van der Waals surface area contributed by atoms with Crippen LogP contribution >= 0.6 is 0 Å². The van der Waals surface area contributed by atoms with E-state index in [-0.39, 0.29) is 11.7 Å². The molecule has 0 spiro atoms. The third-order valence-corrected chi connectivity index (χ3v) is 4.57. The number of carbonyl (C=O) groups is 2. The minimum Gasteiger partial charge on any atom is -0.388 e. The topological polar surface area (TPSA) is 73.7 Å². The second-order valence-electron chi connectivity index (χ2n) is 6.57. The zero-order valence-corrected chi connectivity index (χ0v) is 15.9. The highest BCUT2D eigenvalue weighted by molar-refractivity contribution is 5.94. The molecule has 7 heteroatoms. The van der Waals surface area contributed by atoms with Gasteiger partial charge in [-0.15, -0.1) is 0 Å². The molecule has 1 saturated heterocycles. The third-order valence-electron chi connectivity index (χ3n) is 4.57. The molecule has 1 aliphatic rings. The van der Waals surface area contributed by atoms with Crippen LogP contribution in [0.1, 0.15) is 11.4 Å². The molecule has 0 saturated carbocycles. The predicted molar refractivity (Wildman–Crippen MR) is 110 cm³/mol. The zero-order valence-electron chi connectivity index (χ0n) is 15.9. The fourth-order valence-electron chi connectivity index (χ4n) is 2.98. The molecule has 0 radical (unpaired) electrons. The molecule has 0 aliphatic carbocycles. The molecular formula is C22H22FN3O3. The van der Waals surface area contributed by atoms with Crippen LogP contribution in [0.3, 0.4) is 0 Å². The smallest absolute Gasteiger partial charge is 0.246 e. The van der Waals surface area contributed by atoms with Crippen molar-refractivity contribution in [2.75, 3.05) is 37.7 Å². The van der Waals surface area contributed by atoms with Crippen LogP contribution in [-0.4, -0.2) is 59.5 Å². The molecular weight excluding hydrogens is 373 g/mol. The normalized spacial score (nSPS) is 14.7. The molecule has 6 nitrogen and oxygen atoms in total. The van der Waals surface area contributed by atoms with Crippen molar-refractivity contribution in [3.8, 4) is 0 Å². The van der Waals surface area contributed by atoms with Gasteiger partial charge in [0.05, 0.1) is 11.4 Å². The van der Waals surface area contributed by atoms with Crippen LogP contribution in [0.2, 0.25) is 0 Å². The molecule has 1 fully saturated rings. The lowest BCUT2D eigenvalue weighted by Gasteiger charge is -2.35. The van der Waals surface area contributed by atoms with Gasteiger partial charge in [0.25, 0.3) is 0 Å². The van der Waals surface area contributed by atoms with Crippen LogP contribution in [-0.2, 0) is 9.59 Å². The maximum atomic E-state index is 13.1. The number of piperazine rings is 1. The first-order valence-electron chi connectivity index (χ1n) is 9.31. The molecule has 1 aromatic carbocycles. The van der Waals surface area contributed by atoms with Crippen molar-refractivity contribution in [2.24, 2.45) is 0 Å². The van der Waals surface area contributed by atoms with Gasteiger partial charge in [0, 0.05) is 37.9 Å². The second-order valence-corrected chi connectivity index (χ2v) is 6.57. The fraction of sp³-hybridized carbons (Fsp3) is 0.227. The molecule has 0 unspecified atom stereocenters. The predicted octanol–water partition coefficient (Wildman–Crippen LogP) is 2.16. The van der Waals surface area contributed by atoms with Crippen LogP contribution in [0.4, 0.5) is 10.1 Å². The van der Waals surface area contributed by atoms with Gasteiger partial charge in [0.1, 0.15) is 12.4 Å². The summed E-state index contributed by atoms with van der Waals surface area (Å²) in [4.78, 5) is 31.8. The van der Waals surface area contributed by atoms with E-state index in [4.69, 9.17) is 5.11 Å². The first-order valence-corrected chi connectivity index (χ1v) is 9.31. The highest BCUT2D eigenvalue weighted by atomic mass is 19.1. The average Bonchev–Trinajstić information content (AvgIpc) is 2.76. The molecule has 150 valence electrons. The van der Waals surface area contributed by atoms with Gasteiger partial charge in [-0.1, -0.05) is 6.07 Å². The van der Waals surface area contributed by atoms with E-state index in [2.05, 4.69) is 9.88 Å². The van der Waals surface area contributed by atoms with Crippen LogP contribution < -0.4 is 4.90 Å². The Kier molecular flexibility index (Phi) is 6.86. The van der Waals surface area contributed by atoms with E-state index in [1.807, 2.05) is 0 Å². The van der Waals surface area contributed by atoms with E-state index in [0.717, 1.165) is 5.69 Å². The highest BCUT2D eigenvalue weighted by Crippen LogP contribution is 2.17. The largest absolute Gasteiger partial charge is 0.388 e. The number of ketones is 1. The second kappa shape index (κ2) is 9.75. The van der Waals surface area contributed by atoms with Crippen molar-refractivity contribution in [3.05, 3.63) is 71.8 Å². The van der Waals surface area contributed by atoms with Crippen molar-refractivity contribution in [1.82, 2.24) is 9.88 Å². The van der Waals surface area contributed by atoms with Gasteiger partial charge in [-0.25, -0.2) is 9.37 Å². The Morgan fingerprint density at radius 2 is 1.59 bits per heavy atom. The summed E-state index contributed by atoms with van der Waals surface area (Å²) in [7, 11) is 0. The van der Waals surface area contributed by atoms with Gasteiger partial charge < -0.3 is 14.9 Å². The molecule has 0 bridgehead atoms. The lowest BCUT2D eigenvalue weighted by Crippen LogP contribution is -2.48. The van der Waals surface area contributed by atoms with Crippen LogP contribution in [0.25, 0.3) is 12.2 Å². The summed E-state index contributed by atoms with van der Waals surface area (Å²) in [5.41, 5.74) is 2.11. The first-order chi connectivity index (χ1) is 14.0. The maximum Gasteiger partial charge on any atom is 0.246 e. The van der Waals surface area contributed by atoms with Crippen molar-refractivity contribution >= 4 is 29.5 Å². The average molecular weight is 395 g/mol. The van der Waals surface area contributed by atoms with Crippen molar-refractivity contribution in [1.29, 1.82) is 0 Å². The molecule has 0 atom stereocenters. The number of hydrogen-bond donors (Lipinski definition) is 1. The van der Waals surface area contributed by atoms with E-state index >= 15 is 0 Å². The molecule has 1 N–H and O–H groups in total. The molecule has 2 aromatic rings. The number of hydrogen-bond acceptors (Lipinski definition) is 5. The van der Waals surface area contributed by atoms with Gasteiger partial charge in [-0.2, -0.15) is 0 Å². The van der Waals surface area contributed by atoms with E-state index in [0.29, 0.717) is 37.6 Å². The number of rotatable bonds is 6. The molecule has 2 heterocycles. The molecule has 1 amide bonds. The summed E-state index contributed by atoms with van der Waals surface area (Å²) in [6.45, 7) is 1.99. The van der Waals surface area contributed by atoms with E-state index in [1.54, 1.807) is 41.3 Å². The fourth-order valence-corrected chi connectivity index (χ4v) is 2.98. The van der Waals surface area contributed by atoms with Crippen LogP contribution in [0, 0.1) is 5.82 Å². The highest BCUT2D eigenvalue weighted by Gasteiger charge is 2.19. The Hall–Kier alpha value is -3.32. The number of anilines is 1. The number of amides is 1. The zero-order chi connectivity index (χ0) is 20.6. The van der Waals surface area contributed by atoms with Crippen molar-refractivity contribution < 1.29 is 19.1 Å². The maximum absolute atomic E-state index is 13.1. The molecule has 1 aliphatic heterocycles. The lowest BCUT2D eigenvalue weighted by atomic mass is 10.2. The quantitative estimate of drug-likeness (QED) is 0.759. The van der Waals surface area contributed by atoms with Crippen LogP contribution in [0.5, 0.6) is 0 Å². The number of nitrogens with zero attached hydrogens (tertiary/aromatic N) is 3. The number of aliphatic hydroxyl groups is 1. The summed E-state index contributed by atoms with van der Waals surface area (Å²) in [6.07, 6.45) is 5.91. The van der Waals surface area contributed by atoms with Gasteiger partial charge in [0.15, 0.2) is 5.78 Å². The van der Waals surface area contributed by atoms with Crippen LogP contribution in [0.15, 0.2) is 54.6 Å². The standard InChI is InChI=1S/C22H22FN3O3/c23-17-4-8-20(9-5-17)25-12-14-26(15-13-25)22(29)11-7-19-3-1-2-18(24-19)6-10-21(28)16-27/h1-11,27H,12-16H2/b10-6+,11-7+. The lowest BCUT2D eigenvalue weighted by molar-refractivity contribution is -0.126. The summed E-state index contributed by atoms with van der Waals surface area (Å²) < 4.78 is 13.1. The van der Waals surface area contributed by atoms with Gasteiger partial charge in [-0.3, -0.25) is 9.59 Å². The van der Waals surface area contributed by atoms with E-state index in [9.17, 15) is 14.0 Å². The van der Waals surface area contributed by atoms with Crippen molar-refractivity contribution in [3.63, 3.8) is 0 Å². The molecule has 3 rings (SSSR count). The van der Waals surface area contributed by atoms with Gasteiger partial charge in [-0.05, 0) is 54.6 Å². The Bertz CT molecular complexity index is 917. The molecule has 1 aromatic heterocycles. The summed E-state index contributed by atoms with van der Waals surface area (Å²) in [5, 5.41) is 8.74.